The SMILES string of the molecule is CN(Cc1ncc[nH]1)c1ccc(Cl)cc1. The Morgan fingerprint density at radius 1 is 1.33 bits per heavy atom. The van der Waals surface area contributed by atoms with Crippen LogP contribution in [-0.4, -0.2) is 17.0 Å². The maximum Gasteiger partial charge on any atom is 0.125 e. The van der Waals surface area contributed by atoms with Gasteiger partial charge < -0.3 is 9.88 Å². The summed E-state index contributed by atoms with van der Waals surface area (Å²) in [5, 5.41) is 0.755. The zero-order chi connectivity index (χ0) is 10.7. The Kier molecular flexibility index (Phi) is 2.92. The van der Waals surface area contributed by atoms with Crippen molar-refractivity contribution in [2.45, 2.75) is 6.54 Å². The highest BCUT2D eigenvalue weighted by Gasteiger charge is 2.02. The fraction of sp³-hybridized carbons (Fsp3) is 0.182. The van der Waals surface area contributed by atoms with Gasteiger partial charge in [0.2, 0.25) is 0 Å². The van der Waals surface area contributed by atoms with Crippen molar-refractivity contribution < 1.29 is 0 Å². The predicted molar refractivity (Wildman–Crippen MR) is 62.1 cm³/mol. The van der Waals surface area contributed by atoms with E-state index in [0.717, 1.165) is 23.1 Å². The van der Waals surface area contributed by atoms with Crippen LogP contribution in [0.5, 0.6) is 0 Å². The second-order valence-corrected chi connectivity index (χ2v) is 3.80. The quantitative estimate of drug-likeness (QED) is 0.864. The Bertz CT molecular complexity index is 408. The number of hydrogen-bond acceptors (Lipinski definition) is 2. The van der Waals surface area contributed by atoms with E-state index in [-0.39, 0.29) is 0 Å². The third-order valence-electron chi connectivity index (χ3n) is 2.21. The van der Waals surface area contributed by atoms with Crippen molar-refractivity contribution in [1.82, 2.24) is 9.97 Å². The van der Waals surface area contributed by atoms with E-state index >= 15 is 0 Å². The van der Waals surface area contributed by atoms with Gasteiger partial charge in [-0.2, -0.15) is 0 Å². The number of benzene rings is 1. The summed E-state index contributed by atoms with van der Waals surface area (Å²) in [6.07, 6.45) is 3.58. The van der Waals surface area contributed by atoms with Crippen LogP contribution in [0.1, 0.15) is 5.82 Å². The standard InChI is InChI=1S/C11H12ClN3/c1-15(8-11-13-6-7-14-11)10-4-2-9(12)3-5-10/h2-7H,8H2,1H3,(H,13,14). The molecule has 2 aromatic rings. The third-order valence-corrected chi connectivity index (χ3v) is 2.46. The van der Waals surface area contributed by atoms with Gasteiger partial charge in [0.25, 0.3) is 0 Å². The molecule has 0 saturated carbocycles. The molecule has 0 aliphatic rings. The van der Waals surface area contributed by atoms with Crippen LogP contribution in [0.25, 0.3) is 0 Å². The lowest BCUT2D eigenvalue weighted by atomic mass is 10.3. The Morgan fingerprint density at radius 3 is 2.67 bits per heavy atom. The molecule has 0 radical (unpaired) electrons. The summed E-state index contributed by atoms with van der Waals surface area (Å²) in [6, 6.07) is 7.75. The molecular weight excluding hydrogens is 210 g/mol. The average Bonchev–Trinajstić information content (AvgIpc) is 2.71. The van der Waals surface area contributed by atoms with Crippen molar-refractivity contribution in [2.24, 2.45) is 0 Å². The molecule has 0 amide bonds. The van der Waals surface area contributed by atoms with Crippen molar-refractivity contribution in [3.63, 3.8) is 0 Å². The first-order valence-electron chi connectivity index (χ1n) is 4.70. The minimum atomic E-state index is 0.755. The Hall–Kier alpha value is -1.48. The number of anilines is 1. The zero-order valence-corrected chi connectivity index (χ0v) is 9.20. The Morgan fingerprint density at radius 2 is 2.07 bits per heavy atom. The molecule has 0 atom stereocenters. The lowest BCUT2D eigenvalue weighted by Crippen LogP contribution is -2.16. The van der Waals surface area contributed by atoms with Gasteiger partial charge in [-0.25, -0.2) is 4.98 Å². The molecule has 3 nitrogen and oxygen atoms in total. The van der Waals surface area contributed by atoms with Crippen molar-refractivity contribution in [3.05, 3.63) is 47.5 Å². The Balaban J connectivity index is 2.08. The molecule has 0 spiro atoms. The molecule has 0 unspecified atom stereocenters. The maximum atomic E-state index is 5.82. The number of hydrogen-bond donors (Lipinski definition) is 1. The fourth-order valence-electron chi connectivity index (χ4n) is 1.40. The van der Waals surface area contributed by atoms with Gasteiger partial charge in [-0.3, -0.25) is 0 Å². The summed E-state index contributed by atoms with van der Waals surface area (Å²) in [5.74, 6) is 0.951. The van der Waals surface area contributed by atoms with Crippen LogP contribution in [0.3, 0.4) is 0 Å². The van der Waals surface area contributed by atoms with E-state index in [1.165, 1.54) is 0 Å². The molecule has 2 rings (SSSR count). The van der Waals surface area contributed by atoms with Crippen LogP contribution in [0.15, 0.2) is 36.7 Å². The molecule has 15 heavy (non-hydrogen) atoms. The van der Waals surface area contributed by atoms with Crippen LogP contribution in [-0.2, 0) is 6.54 Å². The number of rotatable bonds is 3. The zero-order valence-electron chi connectivity index (χ0n) is 8.44. The first kappa shape index (κ1) is 10.1. The molecule has 1 N–H and O–H groups in total. The maximum absolute atomic E-state index is 5.82. The summed E-state index contributed by atoms with van der Waals surface area (Å²) in [6.45, 7) is 0.759. The molecule has 0 aliphatic carbocycles. The van der Waals surface area contributed by atoms with Crippen molar-refractivity contribution in [1.29, 1.82) is 0 Å². The molecular formula is C11H12ClN3. The summed E-state index contributed by atoms with van der Waals surface area (Å²) in [5.41, 5.74) is 1.12. The fourth-order valence-corrected chi connectivity index (χ4v) is 1.52. The van der Waals surface area contributed by atoms with E-state index in [1.54, 1.807) is 6.20 Å². The number of nitrogens with one attached hydrogen (secondary N) is 1. The number of aromatic nitrogens is 2. The monoisotopic (exact) mass is 221 g/mol. The first-order valence-corrected chi connectivity index (χ1v) is 5.08. The molecule has 1 aromatic carbocycles. The molecule has 4 heteroatoms. The highest BCUT2D eigenvalue weighted by molar-refractivity contribution is 6.30. The van der Waals surface area contributed by atoms with Gasteiger partial charge in [0.15, 0.2) is 0 Å². The number of imidazole rings is 1. The summed E-state index contributed by atoms with van der Waals surface area (Å²) >= 11 is 5.82. The molecule has 0 aliphatic heterocycles. The normalized spacial score (nSPS) is 10.3. The van der Waals surface area contributed by atoms with E-state index in [2.05, 4.69) is 14.9 Å². The number of aromatic amines is 1. The number of nitrogens with zero attached hydrogens (tertiary/aromatic N) is 2. The largest absolute Gasteiger partial charge is 0.367 e. The highest BCUT2D eigenvalue weighted by Crippen LogP contribution is 2.17. The molecule has 0 fully saturated rings. The van der Waals surface area contributed by atoms with E-state index in [9.17, 15) is 0 Å². The topological polar surface area (TPSA) is 31.9 Å². The number of H-pyrrole nitrogens is 1. The third kappa shape index (κ3) is 2.50. The molecule has 0 saturated heterocycles. The van der Waals surface area contributed by atoms with E-state index in [4.69, 9.17) is 11.6 Å². The highest BCUT2D eigenvalue weighted by atomic mass is 35.5. The van der Waals surface area contributed by atoms with Crippen molar-refractivity contribution >= 4 is 17.3 Å². The van der Waals surface area contributed by atoms with Gasteiger partial charge in [-0.05, 0) is 24.3 Å². The van der Waals surface area contributed by atoms with Crippen LogP contribution in [0.2, 0.25) is 5.02 Å². The smallest absolute Gasteiger partial charge is 0.125 e. The van der Waals surface area contributed by atoms with Gasteiger partial charge in [-0.15, -0.1) is 0 Å². The van der Waals surface area contributed by atoms with E-state index in [0.29, 0.717) is 0 Å². The summed E-state index contributed by atoms with van der Waals surface area (Å²) in [7, 11) is 2.02. The summed E-state index contributed by atoms with van der Waals surface area (Å²) < 4.78 is 0. The molecule has 78 valence electrons. The summed E-state index contributed by atoms with van der Waals surface area (Å²) in [4.78, 5) is 9.35. The molecule has 1 heterocycles. The van der Waals surface area contributed by atoms with Crippen LogP contribution < -0.4 is 4.90 Å². The second kappa shape index (κ2) is 4.36. The predicted octanol–water partition coefficient (Wildman–Crippen LogP) is 2.70. The van der Waals surface area contributed by atoms with Crippen LogP contribution in [0.4, 0.5) is 5.69 Å². The second-order valence-electron chi connectivity index (χ2n) is 3.37. The van der Waals surface area contributed by atoms with Crippen molar-refractivity contribution in [3.8, 4) is 0 Å². The van der Waals surface area contributed by atoms with Gasteiger partial charge in [0.05, 0.1) is 6.54 Å². The van der Waals surface area contributed by atoms with Gasteiger partial charge >= 0.3 is 0 Å². The van der Waals surface area contributed by atoms with Crippen molar-refractivity contribution in [2.75, 3.05) is 11.9 Å². The van der Waals surface area contributed by atoms with E-state index in [1.807, 2.05) is 37.5 Å². The van der Waals surface area contributed by atoms with Crippen LogP contribution >= 0.6 is 11.6 Å². The van der Waals surface area contributed by atoms with Gasteiger partial charge in [-0.1, -0.05) is 11.6 Å². The minimum Gasteiger partial charge on any atom is -0.367 e. The van der Waals surface area contributed by atoms with E-state index < -0.39 is 0 Å². The molecule has 1 aromatic heterocycles. The number of halogens is 1. The van der Waals surface area contributed by atoms with Gasteiger partial charge in [0.1, 0.15) is 5.82 Å². The Labute approximate surface area is 93.7 Å². The lowest BCUT2D eigenvalue weighted by Gasteiger charge is -2.17. The molecule has 0 bridgehead atoms. The average molecular weight is 222 g/mol. The van der Waals surface area contributed by atoms with Gasteiger partial charge in [0, 0.05) is 30.2 Å². The lowest BCUT2D eigenvalue weighted by molar-refractivity contribution is 0.860. The van der Waals surface area contributed by atoms with Crippen LogP contribution in [0, 0.1) is 0 Å². The minimum absolute atomic E-state index is 0.755. The first-order chi connectivity index (χ1) is 7.25.